The van der Waals surface area contributed by atoms with E-state index in [4.69, 9.17) is 26.8 Å². The largest absolute Gasteiger partial charge is 0.489 e. The van der Waals surface area contributed by atoms with Crippen molar-refractivity contribution in [3.8, 4) is 17.2 Å². The Morgan fingerprint density at radius 3 is 2.45 bits per heavy atom. The Morgan fingerprint density at radius 1 is 1.10 bits per heavy atom. The Hall–Kier alpha value is -1.39. The van der Waals surface area contributed by atoms with Crippen LogP contribution in [0.15, 0.2) is 40.9 Å². The maximum atomic E-state index is 6.13. The fourth-order valence-corrected chi connectivity index (χ4v) is 2.36. The van der Waals surface area contributed by atoms with Crippen molar-refractivity contribution in [2.75, 3.05) is 5.73 Å². The number of para-hydroxylation sites is 1. The Labute approximate surface area is 131 Å². The van der Waals surface area contributed by atoms with Crippen molar-refractivity contribution >= 4 is 33.2 Å². The van der Waals surface area contributed by atoms with Crippen molar-refractivity contribution in [2.24, 2.45) is 0 Å². The Bertz CT molecular complexity index is 617. The van der Waals surface area contributed by atoms with Crippen LogP contribution in [0.4, 0.5) is 5.69 Å². The van der Waals surface area contributed by atoms with Crippen molar-refractivity contribution in [2.45, 2.75) is 20.0 Å². The maximum absolute atomic E-state index is 6.13. The van der Waals surface area contributed by atoms with E-state index >= 15 is 0 Å². The zero-order valence-electron chi connectivity index (χ0n) is 11.2. The van der Waals surface area contributed by atoms with Crippen LogP contribution in [0.5, 0.6) is 17.2 Å². The first-order chi connectivity index (χ1) is 9.47. The molecule has 0 fully saturated rings. The molecular weight excluding hydrogens is 342 g/mol. The van der Waals surface area contributed by atoms with E-state index in [1.807, 2.05) is 32.0 Å². The summed E-state index contributed by atoms with van der Waals surface area (Å²) in [5, 5.41) is 0.508. The van der Waals surface area contributed by atoms with Crippen LogP contribution in [0, 0.1) is 0 Å². The fraction of sp³-hybridized carbons (Fsp3) is 0.200. The SMILES string of the molecule is CC(C)Oc1cccc(Oc2ccc(Br)cc2Cl)c1N. The zero-order valence-corrected chi connectivity index (χ0v) is 13.5. The van der Waals surface area contributed by atoms with Gasteiger partial charge in [-0.1, -0.05) is 33.6 Å². The molecule has 0 amide bonds. The van der Waals surface area contributed by atoms with E-state index in [-0.39, 0.29) is 6.10 Å². The van der Waals surface area contributed by atoms with Gasteiger partial charge in [0.1, 0.15) is 17.2 Å². The average Bonchev–Trinajstić information content (AvgIpc) is 2.36. The molecule has 0 atom stereocenters. The van der Waals surface area contributed by atoms with Gasteiger partial charge in [0.2, 0.25) is 0 Å². The number of benzene rings is 2. The topological polar surface area (TPSA) is 44.5 Å². The van der Waals surface area contributed by atoms with Crippen LogP contribution < -0.4 is 15.2 Å². The molecule has 5 heteroatoms. The van der Waals surface area contributed by atoms with E-state index in [1.54, 1.807) is 18.2 Å². The molecular formula is C15H15BrClNO2. The molecule has 0 radical (unpaired) electrons. The highest BCUT2D eigenvalue weighted by Gasteiger charge is 2.11. The van der Waals surface area contributed by atoms with Gasteiger partial charge in [0.25, 0.3) is 0 Å². The quantitative estimate of drug-likeness (QED) is 0.760. The summed E-state index contributed by atoms with van der Waals surface area (Å²) >= 11 is 9.48. The molecule has 0 aliphatic rings. The van der Waals surface area contributed by atoms with Gasteiger partial charge in [-0.2, -0.15) is 0 Å². The van der Waals surface area contributed by atoms with Gasteiger partial charge in [-0.05, 0) is 44.2 Å². The highest BCUT2D eigenvalue weighted by atomic mass is 79.9. The summed E-state index contributed by atoms with van der Waals surface area (Å²) in [6, 6.07) is 10.8. The lowest BCUT2D eigenvalue weighted by Gasteiger charge is -2.15. The molecule has 0 saturated heterocycles. The number of rotatable bonds is 4. The number of nitrogens with two attached hydrogens (primary N) is 1. The summed E-state index contributed by atoms with van der Waals surface area (Å²) in [5.74, 6) is 1.67. The second kappa shape index (κ2) is 6.37. The third kappa shape index (κ3) is 3.58. The summed E-state index contributed by atoms with van der Waals surface area (Å²) in [6.45, 7) is 3.89. The van der Waals surface area contributed by atoms with Crippen molar-refractivity contribution in [1.82, 2.24) is 0 Å². The summed E-state index contributed by atoms with van der Waals surface area (Å²) in [6.07, 6.45) is 0.0452. The van der Waals surface area contributed by atoms with Gasteiger partial charge in [0.15, 0.2) is 5.75 Å². The van der Waals surface area contributed by atoms with Gasteiger partial charge < -0.3 is 15.2 Å². The van der Waals surface area contributed by atoms with Gasteiger partial charge in [-0.15, -0.1) is 0 Å². The monoisotopic (exact) mass is 355 g/mol. The van der Waals surface area contributed by atoms with Crippen LogP contribution in [-0.4, -0.2) is 6.10 Å². The van der Waals surface area contributed by atoms with Crippen LogP contribution >= 0.6 is 27.5 Å². The summed E-state index contributed by atoms with van der Waals surface area (Å²) < 4.78 is 12.3. The predicted molar refractivity (Wildman–Crippen MR) is 85.8 cm³/mol. The van der Waals surface area contributed by atoms with E-state index in [1.165, 1.54) is 0 Å². The normalized spacial score (nSPS) is 10.7. The molecule has 0 bridgehead atoms. The minimum atomic E-state index is 0.0452. The molecule has 2 N–H and O–H groups in total. The third-order valence-electron chi connectivity index (χ3n) is 2.50. The minimum Gasteiger partial charge on any atom is -0.489 e. The number of hydrogen-bond donors (Lipinski definition) is 1. The molecule has 0 aromatic heterocycles. The first kappa shape index (κ1) is 15.0. The molecule has 0 unspecified atom stereocenters. The van der Waals surface area contributed by atoms with Crippen LogP contribution in [-0.2, 0) is 0 Å². The van der Waals surface area contributed by atoms with Crippen LogP contribution in [0.25, 0.3) is 0 Å². The second-order valence-electron chi connectivity index (χ2n) is 4.51. The van der Waals surface area contributed by atoms with E-state index < -0.39 is 0 Å². The highest BCUT2D eigenvalue weighted by molar-refractivity contribution is 9.10. The van der Waals surface area contributed by atoms with Crippen molar-refractivity contribution in [1.29, 1.82) is 0 Å². The van der Waals surface area contributed by atoms with E-state index in [0.717, 1.165) is 4.47 Å². The molecule has 0 spiro atoms. The van der Waals surface area contributed by atoms with Gasteiger partial charge in [-0.3, -0.25) is 0 Å². The summed E-state index contributed by atoms with van der Waals surface area (Å²) in [7, 11) is 0. The lowest BCUT2D eigenvalue weighted by atomic mass is 10.2. The van der Waals surface area contributed by atoms with E-state index in [2.05, 4.69) is 15.9 Å². The highest BCUT2D eigenvalue weighted by Crippen LogP contribution is 2.38. The molecule has 106 valence electrons. The number of hydrogen-bond acceptors (Lipinski definition) is 3. The smallest absolute Gasteiger partial charge is 0.154 e. The van der Waals surface area contributed by atoms with Crippen molar-refractivity contribution in [3.63, 3.8) is 0 Å². The van der Waals surface area contributed by atoms with E-state index in [0.29, 0.717) is 28.0 Å². The third-order valence-corrected chi connectivity index (χ3v) is 3.29. The van der Waals surface area contributed by atoms with E-state index in [9.17, 15) is 0 Å². The second-order valence-corrected chi connectivity index (χ2v) is 5.83. The number of nitrogen functional groups attached to an aromatic ring is 1. The number of anilines is 1. The van der Waals surface area contributed by atoms with Crippen LogP contribution in [0.2, 0.25) is 5.02 Å². The molecule has 0 saturated carbocycles. The first-order valence-electron chi connectivity index (χ1n) is 6.15. The Morgan fingerprint density at radius 2 is 1.80 bits per heavy atom. The molecule has 20 heavy (non-hydrogen) atoms. The average molecular weight is 357 g/mol. The molecule has 0 aliphatic carbocycles. The lowest BCUT2D eigenvalue weighted by molar-refractivity contribution is 0.243. The standard InChI is InChI=1S/C15H15BrClNO2/c1-9(2)19-13-4-3-5-14(15(13)18)20-12-7-6-10(16)8-11(12)17/h3-9H,18H2,1-2H3. The zero-order chi connectivity index (χ0) is 14.7. The van der Waals surface area contributed by atoms with Crippen LogP contribution in [0.1, 0.15) is 13.8 Å². The first-order valence-corrected chi connectivity index (χ1v) is 7.32. The van der Waals surface area contributed by atoms with Gasteiger partial charge >= 0.3 is 0 Å². The maximum Gasteiger partial charge on any atom is 0.154 e. The van der Waals surface area contributed by atoms with Gasteiger partial charge in [0.05, 0.1) is 11.1 Å². The molecule has 0 heterocycles. The molecule has 2 rings (SSSR count). The van der Waals surface area contributed by atoms with Crippen molar-refractivity contribution in [3.05, 3.63) is 45.9 Å². The predicted octanol–water partition coefficient (Wildman–Crippen LogP) is 5.26. The number of halogens is 2. The van der Waals surface area contributed by atoms with Gasteiger partial charge in [-0.25, -0.2) is 0 Å². The Kier molecular flexibility index (Phi) is 4.78. The minimum absolute atomic E-state index is 0.0452. The van der Waals surface area contributed by atoms with Gasteiger partial charge in [0, 0.05) is 4.47 Å². The molecule has 2 aromatic carbocycles. The Balaban J connectivity index is 2.29. The molecule has 3 nitrogen and oxygen atoms in total. The molecule has 0 aliphatic heterocycles. The summed E-state index contributed by atoms with van der Waals surface area (Å²) in [5.41, 5.74) is 6.52. The van der Waals surface area contributed by atoms with Crippen molar-refractivity contribution < 1.29 is 9.47 Å². The fourth-order valence-electron chi connectivity index (χ4n) is 1.65. The lowest BCUT2D eigenvalue weighted by Crippen LogP contribution is -2.07. The number of ether oxygens (including phenoxy) is 2. The summed E-state index contributed by atoms with van der Waals surface area (Å²) in [4.78, 5) is 0. The molecule has 2 aromatic rings. The van der Waals surface area contributed by atoms with Crippen LogP contribution in [0.3, 0.4) is 0 Å².